The first-order valence-corrected chi connectivity index (χ1v) is 10.1. The molecule has 4 rings (SSSR count). The number of benzene rings is 3. The van der Waals surface area contributed by atoms with E-state index in [0.717, 1.165) is 4.90 Å². The predicted octanol–water partition coefficient (Wildman–Crippen LogP) is 5.76. The summed E-state index contributed by atoms with van der Waals surface area (Å²) in [5, 5.41) is 0.793. The van der Waals surface area contributed by atoms with Crippen LogP contribution < -0.4 is 9.64 Å². The van der Waals surface area contributed by atoms with E-state index in [4.69, 9.17) is 32.7 Å². The molecule has 0 aliphatic carbocycles. The average molecular weight is 456 g/mol. The number of fused-ring (bicyclic) bond motifs is 1. The van der Waals surface area contributed by atoms with Gasteiger partial charge < -0.3 is 9.47 Å². The monoisotopic (exact) mass is 455 g/mol. The van der Waals surface area contributed by atoms with Crippen molar-refractivity contribution in [3.63, 3.8) is 0 Å². The van der Waals surface area contributed by atoms with E-state index in [1.54, 1.807) is 43.3 Å². The lowest BCUT2D eigenvalue weighted by Crippen LogP contribution is -2.29. The largest absolute Gasteiger partial charge is 0.462 e. The predicted molar refractivity (Wildman–Crippen MR) is 117 cm³/mol. The van der Waals surface area contributed by atoms with Crippen molar-refractivity contribution in [2.45, 2.75) is 6.92 Å². The molecule has 3 aromatic carbocycles. The lowest BCUT2D eigenvalue weighted by atomic mass is 10.1. The molecule has 0 saturated carbocycles. The molecule has 2 amide bonds. The van der Waals surface area contributed by atoms with Crippen molar-refractivity contribution in [1.82, 2.24) is 0 Å². The van der Waals surface area contributed by atoms with Crippen LogP contribution in [0, 0.1) is 0 Å². The molecule has 1 heterocycles. The van der Waals surface area contributed by atoms with Gasteiger partial charge in [-0.25, -0.2) is 9.69 Å². The van der Waals surface area contributed by atoms with Crippen molar-refractivity contribution in [2.24, 2.45) is 0 Å². The number of amides is 2. The van der Waals surface area contributed by atoms with Crippen LogP contribution in [0.4, 0.5) is 5.69 Å². The zero-order valence-electron chi connectivity index (χ0n) is 16.2. The topological polar surface area (TPSA) is 72.9 Å². The van der Waals surface area contributed by atoms with Crippen molar-refractivity contribution in [2.75, 3.05) is 11.5 Å². The maximum Gasteiger partial charge on any atom is 0.338 e. The lowest BCUT2D eigenvalue weighted by Gasteiger charge is -2.15. The summed E-state index contributed by atoms with van der Waals surface area (Å²) in [5.74, 6) is -0.720. The third kappa shape index (κ3) is 4.00. The summed E-state index contributed by atoms with van der Waals surface area (Å²) < 4.78 is 10.7. The zero-order valence-corrected chi connectivity index (χ0v) is 17.7. The number of carbonyl (C=O) groups excluding carboxylic acids is 3. The summed E-state index contributed by atoms with van der Waals surface area (Å²) >= 11 is 12.2. The molecular weight excluding hydrogens is 441 g/mol. The fourth-order valence-corrected chi connectivity index (χ4v) is 3.50. The van der Waals surface area contributed by atoms with E-state index in [9.17, 15) is 14.4 Å². The first kappa shape index (κ1) is 20.9. The molecule has 0 spiro atoms. The Balaban J connectivity index is 1.61. The smallest absolute Gasteiger partial charge is 0.338 e. The number of carbonyl (C=O) groups is 3. The number of anilines is 1. The minimum atomic E-state index is -0.559. The van der Waals surface area contributed by atoms with Gasteiger partial charge in [0.15, 0.2) is 0 Å². The molecule has 6 nitrogen and oxygen atoms in total. The van der Waals surface area contributed by atoms with Gasteiger partial charge in [0, 0.05) is 5.02 Å². The molecular formula is C23H15Cl2NO5. The molecule has 0 fully saturated rings. The van der Waals surface area contributed by atoms with E-state index >= 15 is 0 Å². The van der Waals surface area contributed by atoms with Crippen LogP contribution in [0.2, 0.25) is 10.0 Å². The van der Waals surface area contributed by atoms with Gasteiger partial charge in [0.1, 0.15) is 11.5 Å². The Morgan fingerprint density at radius 2 is 1.61 bits per heavy atom. The number of ether oxygens (including phenoxy) is 2. The molecule has 0 radical (unpaired) electrons. The van der Waals surface area contributed by atoms with E-state index < -0.39 is 17.8 Å². The van der Waals surface area contributed by atoms with Crippen LogP contribution in [-0.2, 0) is 4.74 Å². The number of esters is 1. The van der Waals surface area contributed by atoms with Gasteiger partial charge in [-0.15, -0.1) is 0 Å². The molecule has 1 aliphatic rings. The van der Waals surface area contributed by atoms with Gasteiger partial charge in [-0.2, -0.15) is 0 Å². The average Bonchev–Trinajstić information content (AvgIpc) is 3.01. The van der Waals surface area contributed by atoms with Crippen LogP contribution in [0.15, 0.2) is 60.7 Å². The third-order valence-electron chi connectivity index (χ3n) is 4.61. The second-order valence-electron chi connectivity index (χ2n) is 6.60. The highest BCUT2D eigenvalue weighted by molar-refractivity contribution is 6.36. The van der Waals surface area contributed by atoms with E-state index in [0.29, 0.717) is 16.5 Å². The molecule has 3 aromatic rings. The van der Waals surface area contributed by atoms with Gasteiger partial charge in [0.05, 0.1) is 34.0 Å². The van der Waals surface area contributed by atoms with Crippen molar-refractivity contribution in [3.05, 3.63) is 87.4 Å². The molecule has 0 bridgehead atoms. The fourth-order valence-electron chi connectivity index (χ4n) is 3.16. The van der Waals surface area contributed by atoms with Crippen molar-refractivity contribution < 1.29 is 23.9 Å². The normalized spacial score (nSPS) is 12.7. The number of rotatable bonds is 5. The highest BCUT2D eigenvalue weighted by Crippen LogP contribution is 2.36. The molecule has 0 N–H and O–H groups in total. The summed E-state index contributed by atoms with van der Waals surface area (Å²) in [4.78, 5) is 38.7. The second-order valence-corrected chi connectivity index (χ2v) is 7.44. The van der Waals surface area contributed by atoms with E-state index in [1.165, 1.54) is 24.3 Å². The van der Waals surface area contributed by atoms with Crippen LogP contribution in [0.1, 0.15) is 38.0 Å². The van der Waals surface area contributed by atoms with Crippen LogP contribution >= 0.6 is 23.2 Å². The Morgan fingerprint density at radius 3 is 2.29 bits per heavy atom. The van der Waals surface area contributed by atoms with Crippen LogP contribution in [0.25, 0.3) is 0 Å². The lowest BCUT2D eigenvalue weighted by molar-refractivity contribution is 0.0526. The van der Waals surface area contributed by atoms with Gasteiger partial charge in [-0.1, -0.05) is 23.2 Å². The Kier molecular flexibility index (Phi) is 5.67. The number of hydrogen-bond acceptors (Lipinski definition) is 5. The molecule has 0 atom stereocenters. The fraction of sp³-hybridized carbons (Fsp3) is 0.0870. The minimum Gasteiger partial charge on any atom is -0.462 e. The third-order valence-corrected chi connectivity index (χ3v) is 5.16. The molecule has 31 heavy (non-hydrogen) atoms. The van der Waals surface area contributed by atoms with Crippen LogP contribution in [0.3, 0.4) is 0 Å². The molecule has 156 valence electrons. The summed E-state index contributed by atoms with van der Waals surface area (Å²) in [7, 11) is 0. The summed E-state index contributed by atoms with van der Waals surface area (Å²) in [6, 6.07) is 15.6. The van der Waals surface area contributed by atoms with Gasteiger partial charge in [-0.3, -0.25) is 9.59 Å². The summed E-state index contributed by atoms with van der Waals surface area (Å²) in [5.41, 5.74) is 0.828. The zero-order chi connectivity index (χ0) is 22.1. The first-order valence-electron chi connectivity index (χ1n) is 9.32. The number of nitrogens with zero attached hydrogens (tertiary/aromatic N) is 1. The molecule has 8 heteroatoms. The first-order chi connectivity index (χ1) is 14.9. The second kappa shape index (κ2) is 8.41. The Labute approximate surface area is 187 Å². The Hall–Kier alpha value is -3.35. The van der Waals surface area contributed by atoms with Gasteiger partial charge in [0.25, 0.3) is 11.8 Å². The van der Waals surface area contributed by atoms with Gasteiger partial charge >= 0.3 is 5.97 Å². The van der Waals surface area contributed by atoms with E-state index in [2.05, 4.69) is 0 Å². The Bertz CT molecular complexity index is 1210. The highest BCUT2D eigenvalue weighted by atomic mass is 35.5. The van der Waals surface area contributed by atoms with E-state index in [1.807, 2.05) is 0 Å². The standard InChI is InChI=1S/C23H15Cl2NO5/c1-2-30-23(29)13-3-9-17-18(11-13)22(28)26(21(17)27)15-6-10-20(19(25)12-15)31-16-7-4-14(24)5-8-16/h3-12H,2H2,1H3. The molecule has 0 unspecified atom stereocenters. The molecule has 0 saturated heterocycles. The van der Waals surface area contributed by atoms with Gasteiger partial charge in [0.2, 0.25) is 0 Å². The van der Waals surface area contributed by atoms with Crippen molar-refractivity contribution in [1.29, 1.82) is 0 Å². The quantitative estimate of drug-likeness (QED) is 0.361. The molecule has 1 aliphatic heterocycles. The Morgan fingerprint density at radius 1 is 0.903 bits per heavy atom. The highest BCUT2D eigenvalue weighted by Gasteiger charge is 2.37. The number of hydrogen-bond donors (Lipinski definition) is 0. The SMILES string of the molecule is CCOC(=O)c1ccc2c(c1)C(=O)N(c1ccc(Oc3ccc(Cl)cc3)c(Cl)c1)C2=O. The van der Waals surface area contributed by atoms with Crippen molar-refractivity contribution >= 4 is 46.7 Å². The number of imide groups is 1. The van der Waals surface area contributed by atoms with Gasteiger partial charge in [-0.05, 0) is 67.6 Å². The molecule has 0 aromatic heterocycles. The van der Waals surface area contributed by atoms with E-state index in [-0.39, 0.29) is 34.0 Å². The van der Waals surface area contributed by atoms with Crippen molar-refractivity contribution in [3.8, 4) is 11.5 Å². The summed E-state index contributed by atoms with van der Waals surface area (Å²) in [6.07, 6.45) is 0. The maximum absolute atomic E-state index is 12.9. The summed E-state index contributed by atoms with van der Waals surface area (Å²) in [6.45, 7) is 1.89. The van der Waals surface area contributed by atoms with Crippen LogP contribution in [-0.4, -0.2) is 24.4 Å². The maximum atomic E-state index is 12.9. The minimum absolute atomic E-state index is 0.133. The van der Waals surface area contributed by atoms with Crippen LogP contribution in [0.5, 0.6) is 11.5 Å². The number of halogens is 2.